The first-order valence-electron chi connectivity index (χ1n) is 9.94. The molecule has 0 unspecified atom stereocenters. The van der Waals surface area contributed by atoms with Gasteiger partial charge in [0, 0.05) is 37.0 Å². The first-order valence-corrected chi connectivity index (χ1v) is 9.94. The van der Waals surface area contributed by atoms with Gasteiger partial charge in [-0.2, -0.15) is 0 Å². The quantitative estimate of drug-likeness (QED) is 0.639. The van der Waals surface area contributed by atoms with Gasteiger partial charge in [0.2, 0.25) is 5.95 Å². The Bertz CT molecular complexity index is 1200. The lowest BCUT2D eigenvalue weighted by molar-refractivity contribution is -0.0165. The highest BCUT2D eigenvalue weighted by Gasteiger charge is 2.40. The Labute approximate surface area is 177 Å². The fraction of sp³-hybridized carbons (Fsp3) is 0.318. The summed E-state index contributed by atoms with van der Waals surface area (Å²) in [5.41, 5.74) is 1.10. The van der Waals surface area contributed by atoms with E-state index in [-0.39, 0.29) is 29.0 Å². The fourth-order valence-corrected chi connectivity index (χ4v) is 4.13. The van der Waals surface area contributed by atoms with Crippen LogP contribution in [0.25, 0.3) is 11.3 Å². The number of pyridine rings is 1. The molecule has 0 saturated carbocycles. The number of nitrogens with zero attached hydrogens (tertiary/aromatic N) is 4. The van der Waals surface area contributed by atoms with Crippen LogP contribution in [0.4, 0.5) is 10.3 Å². The van der Waals surface area contributed by atoms with E-state index in [0.717, 1.165) is 17.5 Å². The number of hydrogen-bond acceptors (Lipinski definition) is 7. The van der Waals surface area contributed by atoms with Gasteiger partial charge >= 0.3 is 0 Å². The van der Waals surface area contributed by atoms with Gasteiger partial charge in [0.25, 0.3) is 5.56 Å². The zero-order chi connectivity index (χ0) is 21.5. The topological polar surface area (TPSA) is 78.7 Å². The summed E-state index contributed by atoms with van der Waals surface area (Å²) >= 11 is 0. The van der Waals surface area contributed by atoms with Gasteiger partial charge in [0.1, 0.15) is 24.2 Å². The molecule has 0 spiro atoms. The molecular formula is C22H21FN4O4. The minimum Gasteiger partial charge on any atom is -0.497 e. The van der Waals surface area contributed by atoms with E-state index in [1.807, 2.05) is 23.1 Å². The third-order valence-electron chi connectivity index (χ3n) is 5.73. The fourth-order valence-electron chi connectivity index (χ4n) is 4.13. The Kier molecular flexibility index (Phi) is 4.82. The summed E-state index contributed by atoms with van der Waals surface area (Å²) < 4.78 is 33.2. The lowest BCUT2D eigenvalue weighted by Crippen LogP contribution is -2.53. The number of benzene rings is 1. The second kappa shape index (κ2) is 7.66. The van der Waals surface area contributed by atoms with Crippen LogP contribution in [-0.4, -0.2) is 47.4 Å². The van der Waals surface area contributed by atoms with Crippen LogP contribution in [0.15, 0.2) is 47.5 Å². The highest BCUT2D eigenvalue weighted by Crippen LogP contribution is 2.41. The summed E-state index contributed by atoms with van der Waals surface area (Å²) in [5, 5.41) is 0. The van der Waals surface area contributed by atoms with E-state index >= 15 is 0 Å². The molecule has 1 fully saturated rings. The standard InChI is InChI=1S/C22H21FN4O4/c1-26-20(28)10-17(14-5-6-24-11-16(14)23)25-22(26)27-7-8-30-21-15-9-13(29-2)3-4-19(15)31-12-18(21)27/h3-6,9-11,18,21H,7-8,12H2,1-2H3/t18-,21-/m1/s1. The van der Waals surface area contributed by atoms with Gasteiger partial charge < -0.3 is 19.1 Å². The number of aromatic nitrogens is 3. The van der Waals surface area contributed by atoms with E-state index < -0.39 is 5.82 Å². The predicted molar refractivity (Wildman–Crippen MR) is 111 cm³/mol. The number of morpholine rings is 1. The smallest absolute Gasteiger partial charge is 0.255 e. The van der Waals surface area contributed by atoms with Crippen LogP contribution in [0.5, 0.6) is 11.5 Å². The van der Waals surface area contributed by atoms with E-state index in [1.165, 1.54) is 22.9 Å². The average Bonchev–Trinajstić information content (AvgIpc) is 2.80. The molecule has 2 atom stereocenters. The monoisotopic (exact) mass is 424 g/mol. The third kappa shape index (κ3) is 3.31. The predicted octanol–water partition coefficient (Wildman–Crippen LogP) is 2.33. The molecule has 160 valence electrons. The summed E-state index contributed by atoms with van der Waals surface area (Å²) in [4.78, 5) is 23.1. The maximum absolute atomic E-state index is 14.3. The van der Waals surface area contributed by atoms with Crippen molar-refractivity contribution in [2.75, 3.05) is 31.8 Å². The Morgan fingerprint density at radius 2 is 2.13 bits per heavy atom. The van der Waals surface area contributed by atoms with Crippen molar-refractivity contribution in [2.24, 2.45) is 7.05 Å². The van der Waals surface area contributed by atoms with Gasteiger partial charge in [-0.3, -0.25) is 14.3 Å². The summed E-state index contributed by atoms with van der Waals surface area (Å²) in [7, 11) is 3.27. The molecule has 1 saturated heterocycles. The lowest BCUT2D eigenvalue weighted by Gasteiger charge is -2.44. The molecule has 4 heterocycles. The summed E-state index contributed by atoms with van der Waals surface area (Å²) in [6.07, 6.45) is 2.31. The van der Waals surface area contributed by atoms with Crippen LogP contribution in [0, 0.1) is 5.82 Å². The normalized spacial score (nSPS) is 19.9. The first-order chi connectivity index (χ1) is 15.1. The molecule has 2 aliphatic heterocycles. The van der Waals surface area contributed by atoms with E-state index in [1.54, 1.807) is 14.2 Å². The van der Waals surface area contributed by atoms with Gasteiger partial charge in [0.05, 0.1) is 31.6 Å². The number of halogens is 1. The van der Waals surface area contributed by atoms with Crippen molar-refractivity contribution in [3.05, 3.63) is 64.5 Å². The van der Waals surface area contributed by atoms with Crippen molar-refractivity contribution in [1.29, 1.82) is 0 Å². The van der Waals surface area contributed by atoms with E-state index in [4.69, 9.17) is 14.2 Å². The number of hydrogen-bond donors (Lipinski definition) is 0. The van der Waals surface area contributed by atoms with Crippen LogP contribution in [0.3, 0.4) is 0 Å². The summed E-state index contributed by atoms with van der Waals surface area (Å²) in [6.45, 7) is 1.33. The van der Waals surface area contributed by atoms with E-state index in [9.17, 15) is 9.18 Å². The highest BCUT2D eigenvalue weighted by atomic mass is 19.1. The Hall–Kier alpha value is -3.46. The molecule has 2 aromatic heterocycles. The molecule has 0 bridgehead atoms. The van der Waals surface area contributed by atoms with E-state index in [2.05, 4.69) is 9.97 Å². The molecule has 8 nitrogen and oxygen atoms in total. The molecule has 9 heteroatoms. The summed E-state index contributed by atoms with van der Waals surface area (Å²) in [6, 6.07) is 8.26. The zero-order valence-corrected chi connectivity index (χ0v) is 17.1. The number of fused-ring (bicyclic) bond motifs is 3. The van der Waals surface area contributed by atoms with Crippen molar-refractivity contribution < 1.29 is 18.6 Å². The maximum atomic E-state index is 14.3. The number of rotatable bonds is 3. The lowest BCUT2D eigenvalue weighted by atomic mass is 9.96. The van der Waals surface area contributed by atoms with Crippen LogP contribution in [0.2, 0.25) is 0 Å². The zero-order valence-electron chi connectivity index (χ0n) is 17.1. The van der Waals surface area contributed by atoms with Crippen LogP contribution >= 0.6 is 0 Å². The minimum absolute atomic E-state index is 0.205. The van der Waals surface area contributed by atoms with Crippen LogP contribution in [-0.2, 0) is 11.8 Å². The second-order valence-corrected chi connectivity index (χ2v) is 7.46. The molecule has 0 radical (unpaired) electrons. The molecule has 31 heavy (non-hydrogen) atoms. The van der Waals surface area contributed by atoms with Gasteiger partial charge in [-0.15, -0.1) is 0 Å². The molecule has 0 amide bonds. The van der Waals surface area contributed by atoms with Gasteiger partial charge in [-0.05, 0) is 24.3 Å². The highest BCUT2D eigenvalue weighted by molar-refractivity contribution is 5.60. The largest absolute Gasteiger partial charge is 0.497 e. The SMILES string of the molecule is COc1ccc2c(c1)[C@H]1OCCN(c3nc(-c4ccncc4F)cc(=O)n3C)[C@@H]1CO2. The molecule has 0 aliphatic carbocycles. The molecule has 2 aliphatic rings. The summed E-state index contributed by atoms with van der Waals surface area (Å²) in [5.74, 6) is 1.37. The van der Waals surface area contributed by atoms with Crippen LogP contribution < -0.4 is 19.9 Å². The van der Waals surface area contributed by atoms with Gasteiger partial charge in [-0.25, -0.2) is 9.37 Å². The molecule has 1 aromatic carbocycles. The first kappa shape index (κ1) is 19.5. The second-order valence-electron chi connectivity index (χ2n) is 7.46. The van der Waals surface area contributed by atoms with Crippen LogP contribution in [0.1, 0.15) is 11.7 Å². The van der Waals surface area contributed by atoms with Crippen molar-refractivity contribution in [3.8, 4) is 22.8 Å². The van der Waals surface area contributed by atoms with Crippen molar-refractivity contribution >= 4 is 5.95 Å². The molecule has 5 rings (SSSR count). The molecule has 3 aromatic rings. The van der Waals surface area contributed by atoms with E-state index in [0.29, 0.717) is 31.5 Å². The van der Waals surface area contributed by atoms with Gasteiger partial charge in [0.15, 0.2) is 5.82 Å². The number of methoxy groups -OCH3 is 1. The Morgan fingerprint density at radius 1 is 1.26 bits per heavy atom. The average molecular weight is 424 g/mol. The molecule has 0 N–H and O–H groups in total. The molecular weight excluding hydrogens is 403 g/mol. The van der Waals surface area contributed by atoms with Crippen molar-refractivity contribution in [3.63, 3.8) is 0 Å². The Morgan fingerprint density at radius 3 is 2.94 bits per heavy atom. The van der Waals surface area contributed by atoms with Crippen molar-refractivity contribution in [2.45, 2.75) is 12.1 Å². The van der Waals surface area contributed by atoms with Gasteiger partial charge in [-0.1, -0.05) is 0 Å². The minimum atomic E-state index is -0.531. The Balaban J connectivity index is 1.58. The third-order valence-corrected chi connectivity index (χ3v) is 5.73. The number of anilines is 1. The number of ether oxygens (including phenoxy) is 3. The van der Waals surface area contributed by atoms with Crippen molar-refractivity contribution in [1.82, 2.24) is 14.5 Å². The maximum Gasteiger partial charge on any atom is 0.255 e.